The number of carbonyl (C=O) groups is 1. The monoisotopic (exact) mass is 196 g/mol. The van der Waals surface area contributed by atoms with Crippen LogP contribution >= 0.6 is 0 Å². The number of nitrogens with one attached hydrogen (secondary N) is 1. The van der Waals surface area contributed by atoms with Crippen LogP contribution in [0.1, 0.15) is 18.4 Å². The molecule has 0 saturated heterocycles. The van der Waals surface area contributed by atoms with Gasteiger partial charge >= 0.3 is 6.09 Å². The van der Waals surface area contributed by atoms with Crippen molar-refractivity contribution in [3.8, 4) is 0 Å². The quantitative estimate of drug-likeness (QED) is 0.590. The van der Waals surface area contributed by atoms with Gasteiger partial charge in [0.1, 0.15) is 11.5 Å². The van der Waals surface area contributed by atoms with E-state index in [1.165, 1.54) is 6.21 Å². The summed E-state index contributed by atoms with van der Waals surface area (Å²) in [6.07, 6.45) is 0.830. The Kier molecular flexibility index (Phi) is 3.72. The normalized spacial score (nSPS) is 10.4. The molecule has 0 fully saturated rings. The van der Waals surface area contributed by atoms with Crippen LogP contribution in [0.25, 0.3) is 0 Å². The Morgan fingerprint density at radius 1 is 1.71 bits per heavy atom. The Balaban J connectivity index is 2.37. The Labute approximate surface area is 81.7 Å². The van der Waals surface area contributed by atoms with E-state index in [1.807, 2.05) is 13.0 Å². The number of amides is 1. The third-order valence-corrected chi connectivity index (χ3v) is 1.38. The van der Waals surface area contributed by atoms with E-state index in [4.69, 9.17) is 4.42 Å². The van der Waals surface area contributed by atoms with Gasteiger partial charge < -0.3 is 9.15 Å². The summed E-state index contributed by atoms with van der Waals surface area (Å²) in [5.41, 5.74) is 2.19. The zero-order valence-electron chi connectivity index (χ0n) is 8.11. The van der Waals surface area contributed by atoms with E-state index in [9.17, 15) is 4.79 Å². The first-order valence-electron chi connectivity index (χ1n) is 4.24. The van der Waals surface area contributed by atoms with E-state index in [1.54, 1.807) is 13.0 Å². The van der Waals surface area contributed by atoms with Crippen LogP contribution in [0, 0.1) is 6.92 Å². The molecule has 1 N–H and O–H groups in total. The van der Waals surface area contributed by atoms with Crippen molar-refractivity contribution in [1.29, 1.82) is 0 Å². The molecule has 5 heteroatoms. The number of ether oxygens (including phenoxy) is 1. The van der Waals surface area contributed by atoms with E-state index in [2.05, 4.69) is 15.3 Å². The van der Waals surface area contributed by atoms with Crippen molar-refractivity contribution in [1.82, 2.24) is 5.43 Å². The minimum atomic E-state index is -0.577. The standard InChI is InChI=1S/C9H12N2O3/c1-3-13-9(12)11-10-6-8-5-4-7(2)14-8/h4-6H,3H2,1-2H3,(H,11,12)/b10-6-. The van der Waals surface area contributed by atoms with Gasteiger partial charge in [0.05, 0.1) is 12.8 Å². The van der Waals surface area contributed by atoms with Gasteiger partial charge in [-0.15, -0.1) is 0 Å². The molecule has 1 heterocycles. The molecule has 0 aliphatic rings. The molecule has 1 rings (SSSR count). The lowest BCUT2D eigenvalue weighted by Gasteiger charge is -1.97. The number of hydrogen-bond donors (Lipinski definition) is 1. The van der Waals surface area contributed by atoms with E-state index in [0.717, 1.165) is 5.76 Å². The zero-order valence-corrected chi connectivity index (χ0v) is 8.11. The second kappa shape index (κ2) is 5.06. The fourth-order valence-corrected chi connectivity index (χ4v) is 0.835. The van der Waals surface area contributed by atoms with Crippen molar-refractivity contribution in [2.75, 3.05) is 6.61 Å². The number of nitrogens with zero attached hydrogens (tertiary/aromatic N) is 1. The topological polar surface area (TPSA) is 63.8 Å². The van der Waals surface area contributed by atoms with Crippen LogP contribution < -0.4 is 5.43 Å². The number of furan rings is 1. The van der Waals surface area contributed by atoms with Crippen molar-refractivity contribution in [3.05, 3.63) is 23.7 Å². The average Bonchev–Trinajstić information content (AvgIpc) is 2.52. The number of aryl methyl sites for hydroxylation is 1. The fraction of sp³-hybridized carbons (Fsp3) is 0.333. The Morgan fingerprint density at radius 3 is 3.07 bits per heavy atom. The van der Waals surface area contributed by atoms with Crippen LogP contribution in [-0.4, -0.2) is 18.9 Å². The molecule has 5 nitrogen and oxygen atoms in total. The van der Waals surface area contributed by atoms with Gasteiger partial charge in [0.25, 0.3) is 0 Å². The fourth-order valence-electron chi connectivity index (χ4n) is 0.835. The van der Waals surface area contributed by atoms with Crippen LogP contribution in [0.4, 0.5) is 4.79 Å². The smallest absolute Gasteiger partial charge is 0.427 e. The van der Waals surface area contributed by atoms with Crippen LogP contribution in [0.15, 0.2) is 21.7 Å². The minimum absolute atomic E-state index is 0.321. The van der Waals surface area contributed by atoms with Crippen molar-refractivity contribution in [3.63, 3.8) is 0 Å². The summed E-state index contributed by atoms with van der Waals surface area (Å²) in [7, 11) is 0. The largest absolute Gasteiger partial charge is 0.460 e. The van der Waals surface area contributed by atoms with E-state index < -0.39 is 6.09 Å². The molecule has 0 aromatic carbocycles. The maximum atomic E-state index is 10.8. The predicted octanol–water partition coefficient (Wildman–Crippen LogP) is 1.67. The van der Waals surface area contributed by atoms with Crippen LogP contribution in [0.2, 0.25) is 0 Å². The molecule has 1 aromatic heterocycles. The highest BCUT2D eigenvalue weighted by Crippen LogP contribution is 2.02. The molecular formula is C9H12N2O3. The summed E-state index contributed by atoms with van der Waals surface area (Å²) < 4.78 is 9.77. The molecule has 1 aromatic rings. The van der Waals surface area contributed by atoms with Gasteiger partial charge in [0.15, 0.2) is 0 Å². The Bertz CT molecular complexity index is 331. The molecule has 0 saturated carbocycles. The van der Waals surface area contributed by atoms with Gasteiger partial charge in [-0.05, 0) is 26.0 Å². The maximum Gasteiger partial charge on any atom is 0.427 e. The molecule has 0 aliphatic carbocycles. The van der Waals surface area contributed by atoms with Crippen LogP contribution in [0.3, 0.4) is 0 Å². The summed E-state index contributed by atoms with van der Waals surface area (Å²) in [6, 6.07) is 3.57. The Morgan fingerprint density at radius 2 is 2.50 bits per heavy atom. The zero-order chi connectivity index (χ0) is 10.4. The van der Waals surface area contributed by atoms with Gasteiger partial charge in [0.2, 0.25) is 0 Å². The van der Waals surface area contributed by atoms with Crippen LogP contribution in [0.5, 0.6) is 0 Å². The molecule has 76 valence electrons. The molecular weight excluding hydrogens is 184 g/mol. The highest BCUT2D eigenvalue weighted by molar-refractivity contribution is 5.77. The molecule has 0 spiro atoms. The van der Waals surface area contributed by atoms with E-state index >= 15 is 0 Å². The predicted molar refractivity (Wildman–Crippen MR) is 51.2 cm³/mol. The number of rotatable bonds is 3. The Hall–Kier alpha value is -1.78. The van der Waals surface area contributed by atoms with E-state index in [0.29, 0.717) is 12.4 Å². The molecule has 0 bridgehead atoms. The molecule has 0 radical (unpaired) electrons. The van der Waals surface area contributed by atoms with Crippen molar-refractivity contribution >= 4 is 12.3 Å². The summed E-state index contributed by atoms with van der Waals surface area (Å²) in [5.74, 6) is 1.38. The second-order valence-corrected chi connectivity index (χ2v) is 2.54. The van der Waals surface area contributed by atoms with Gasteiger partial charge in [-0.2, -0.15) is 5.10 Å². The third kappa shape index (κ3) is 3.30. The highest BCUT2D eigenvalue weighted by Gasteiger charge is 1.96. The molecule has 0 aliphatic heterocycles. The third-order valence-electron chi connectivity index (χ3n) is 1.38. The number of hydrazone groups is 1. The lowest BCUT2D eigenvalue weighted by molar-refractivity contribution is 0.152. The van der Waals surface area contributed by atoms with Gasteiger partial charge in [-0.1, -0.05) is 0 Å². The maximum absolute atomic E-state index is 10.8. The SMILES string of the molecule is CCOC(=O)N/N=C\c1ccc(C)o1. The first-order chi connectivity index (χ1) is 6.72. The average molecular weight is 196 g/mol. The highest BCUT2D eigenvalue weighted by atomic mass is 16.5. The molecule has 14 heavy (non-hydrogen) atoms. The minimum Gasteiger partial charge on any atom is -0.460 e. The summed E-state index contributed by atoms with van der Waals surface area (Å²) >= 11 is 0. The van der Waals surface area contributed by atoms with E-state index in [-0.39, 0.29) is 0 Å². The van der Waals surface area contributed by atoms with Gasteiger partial charge in [-0.25, -0.2) is 10.2 Å². The summed E-state index contributed by atoms with van der Waals surface area (Å²) in [6.45, 7) is 3.87. The van der Waals surface area contributed by atoms with Crippen LogP contribution in [-0.2, 0) is 4.74 Å². The van der Waals surface area contributed by atoms with Crippen molar-refractivity contribution < 1.29 is 13.9 Å². The number of hydrogen-bond acceptors (Lipinski definition) is 4. The first-order valence-corrected chi connectivity index (χ1v) is 4.24. The lowest BCUT2D eigenvalue weighted by atomic mass is 10.4. The second-order valence-electron chi connectivity index (χ2n) is 2.54. The first kappa shape index (κ1) is 10.3. The number of carbonyl (C=O) groups excluding carboxylic acids is 1. The lowest BCUT2D eigenvalue weighted by Crippen LogP contribution is -2.18. The molecule has 1 amide bonds. The summed E-state index contributed by atoms with van der Waals surface area (Å²) in [5, 5.41) is 3.63. The van der Waals surface area contributed by atoms with Gasteiger partial charge in [0, 0.05) is 0 Å². The van der Waals surface area contributed by atoms with Gasteiger partial charge in [-0.3, -0.25) is 0 Å². The van der Waals surface area contributed by atoms with Crippen molar-refractivity contribution in [2.45, 2.75) is 13.8 Å². The summed E-state index contributed by atoms with van der Waals surface area (Å²) in [4.78, 5) is 10.8. The van der Waals surface area contributed by atoms with Crippen molar-refractivity contribution in [2.24, 2.45) is 5.10 Å². The molecule has 0 atom stereocenters. The molecule has 0 unspecified atom stereocenters.